The second-order valence-electron chi connectivity index (χ2n) is 3.75. The Bertz CT molecular complexity index is 156. The number of nitriles is 1. The average molecular weight is 181 g/mol. The Morgan fingerprint density at radius 3 is 2.62 bits per heavy atom. The summed E-state index contributed by atoms with van der Waals surface area (Å²) in [7, 11) is 0. The van der Waals surface area contributed by atoms with Crippen molar-refractivity contribution in [2.24, 2.45) is 0 Å². The highest BCUT2D eigenvalue weighted by Gasteiger charge is 2.12. The van der Waals surface area contributed by atoms with E-state index in [1.165, 1.54) is 32.1 Å². The molecule has 2 heteroatoms. The number of hydrogen-bond donors (Lipinski definition) is 0. The summed E-state index contributed by atoms with van der Waals surface area (Å²) in [5.41, 5.74) is 0. The van der Waals surface area contributed by atoms with Gasteiger partial charge in [0.1, 0.15) is 0 Å². The average Bonchev–Trinajstić information content (AvgIpc) is 2.19. The van der Waals surface area contributed by atoms with Gasteiger partial charge in [-0.25, -0.2) is 0 Å². The van der Waals surface area contributed by atoms with Crippen molar-refractivity contribution in [2.75, 3.05) is 6.61 Å². The molecule has 1 fully saturated rings. The molecule has 1 aliphatic rings. The second kappa shape index (κ2) is 6.91. The summed E-state index contributed by atoms with van der Waals surface area (Å²) in [5, 5.41) is 8.32. The zero-order chi connectivity index (χ0) is 9.36. The van der Waals surface area contributed by atoms with Gasteiger partial charge in [-0.05, 0) is 25.7 Å². The van der Waals surface area contributed by atoms with Gasteiger partial charge in [0.25, 0.3) is 0 Å². The Kier molecular flexibility index (Phi) is 5.60. The van der Waals surface area contributed by atoms with Crippen molar-refractivity contribution in [2.45, 2.75) is 57.5 Å². The molecule has 0 aliphatic heterocycles. The first kappa shape index (κ1) is 10.5. The fraction of sp³-hybridized carbons (Fsp3) is 0.909. The monoisotopic (exact) mass is 181 g/mol. The van der Waals surface area contributed by atoms with Crippen molar-refractivity contribution < 1.29 is 4.74 Å². The van der Waals surface area contributed by atoms with Gasteiger partial charge in [0, 0.05) is 13.0 Å². The van der Waals surface area contributed by atoms with Crippen molar-refractivity contribution in [1.82, 2.24) is 0 Å². The maximum absolute atomic E-state index is 8.32. The van der Waals surface area contributed by atoms with E-state index in [1.54, 1.807) is 0 Å². The van der Waals surface area contributed by atoms with E-state index in [-0.39, 0.29) is 0 Å². The predicted molar refractivity (Wildman–Crippen MR) is 52.3 cm³/mol. The fourth-order valence-electron chi connectivity index (χ4n) is 1.79. The van der Waals surface area contributed by atoms with Gasteiger partial charge >= 0.3 is 0 Å². The summed E-state index contributed by atoms with van der Waals surface area (Å²) in [5.74, 6) is 0. The molecule has 0 bridgehead atoms. The normalized spacial score (nSPS) is 18.4. The molecular weight excluding hydrogens is 162 g/mol. The topological polar surface area (TPSA) is 33.0 Å². The molecule has 0 aromatic carbocycles. The van der Waals surface area contributed by atoms with E-state index >= 15 is 0 Å². The molecule has 0 atom stereocenters. The molecule has 74 valence electrons. The first-order valence-corrected chi connectivity index (χ1v) is 5.42. The van der Waals surface area contributed by atoms with E-state index in [4.69, 9.17) is 10.00 Å². The Morgan fingerprint density at radius 1 is 1.15 bits per heavy atom. The number of rotatable bonds is 5. The van der Waals surface area contributed by atoms with Crippen LogP contribution in [0.25, 0.3) is 0 Å². The number of unbranched alkanes of at least 4 members (excludes halogenated alkanes) is 2. The smallest absolute Gasteiger partial charge is 0.0621 e. The third-order valence-electron chi connectivity index (χ3n) is 2.59. The van der Waals surface area contributed by atoms with E-state index in [9.17, 15) is 0 Å². The molecule has 0 N–H and O–H groups in total. The van der Waals surface area contributed by atoms with Crippen LogP contribution in [-0.2, 0) is 4.74 Å². The summed E-state index contributed by atoms with van der Waals surface area (Å²) in [6.07, 6.45) is 9.79. The van der Waals surface area contributed by atoms with Crippen LogP contribution in [-0.4, -0.2) is 12.7 Å². The second-order valence-corrected chi connectivity index (χ2v) is 3.75. The molecular formula is C11H19NO. The van der Waals surface area contributed by atoms with Crippen LogP contribution in [0.5, 0.6) is 0 Å². The van der Waals surface area contributed by atoms with Gasteiger partial charge in [-0.3, -0.25) is 0 Å². The van der Waals surface area contributed by atoms with Gasteiger partial charge in [-0.1, -0.05) is 19.3 Å². The van der Waals surface area contributed by atoms with Gasteiger partial charge in [0.2, 0.25) is 0 Å². The lowest BCUT2D eigenvalue weighted by atomic mass is 9.98. The maximum atomic E-state index is 8.32. The molecule has 0 amide bonds. The highest BCUT2D eigenvalue weighted by atomic mass is 16.5. The summed E-state index contributed by atoms with van der Waals surface area (Å²) in [6.45, 7) is 0.854. The van der Waals surface area contributed by atoms with Gasteiger partial charge in [0.05, 0.1) is 12.2 Å². The number of nitrogens with zero attached hydrogens (tertiary/aromatic N) is 1. The Labute approximate surface area is 80.9 Å². The van der Waals surface area contributed by atoms with E-state index < -0.39 is 0 Å². The zero-order valence-electron chi connectivity index (χ0n) is 8.30. The van der Waals surface area contributed by atoms with E-state index in [1.807, 2.05) is 0 Å². The minimum Gasteiger partial charge on any atom is -0.378 e. The van der Waals surface area contributed by atoms with Crippen molar-refractivity contribution in [3.63, 3.8) is 0 Å². The van der Waals surface area contributed by atoms with Crippen molar-refractivity contribution in [1.29, 1.82) is 5.26 Å². The fourth-order valence-corrected chi connectivity index (χ4v) is 1.79. The van der Waals surface area contributed by atoms with E-state index in [0.29, 0.717) is 12.5 Å². The van der Waals surface area contributed by atoms with Crippen LogP contribution in [0, 0.1) is 11.3 Å². The lowest BCUT2D eigenvalue weighted by Gasteiger charge is -2.21. The summed E-state index contributed by atoms with van der Waals surface area (Å²) >= 11 is 0. The van der Waals surface area contributed by atoms with Crippen molar-refractivity contribution in [3.8, 4) is 6.07 Å². The molecule has 13 heavy (non-hydrogen) atoms. The molecule has 1 rings (SSSR count). The number of ether oxygens (including phenoxy) is 1. The highest BCUT2D eigenvalue weighted by molar-refractivity contribution is 4.68. The van der Waals surface area contributed by atoms with Gasteiger partial charge in [-0.15, -0.1) is 0 Å². The molecule has 0 aromatic rings. The Balaban J connectivity index is 1.90. The van der Waals surface area contributed by atoms with Crippen LogP contribution in [0.4, 0.5) is 0 Å². The minimum absolute atomic E-state index is 0.524. The molecule has 1 aliphatic carbocycles. The van der Waals surface area contributed by atoms with Crippen LogP contribution in [0.15, 0.2) is 0 Å². The first-order valence-electron chi connectivity index (χ1n) is 5.42. The quantitative estimate of drug-likeness (QED) is 0.611. The maximum Gasteiger partial charge on any atom is 0.0621 e. The van der Waals surface area contributed by atoms with Crippen molar-refractivity contribution in [3.05, 3.63) is 0 Å². The summed E-state index contributed by atoms with van der Waals surface area (Å²) in [6, 6.07) is 2.15. The minimum atomic E-state index is 0.524. The number of hydrogen-bond acceptors (Lipinski definition) is 2. The van der Waals surface area contributed by atoms with Crippen LogP contribution < -0.4 is 0 Å². The SMILES string of the molecule is N#CCCCCOC1CCCCC1. The molecule has 0 aromatic heterocycles. The van der Waals surface area contributed by atoms with Crippen molar-refractivity contribution >= 4 is 0 Å². The van der Waals surface area contributed by atoms with Gasteiger partial charge in [-0.2, -0.15) is 5.26 Å². The van der Waals surface area contributed by atoms with E-state index in [0.717, 1.165) is 19.4 Å². The molecule has 0 spiro atoms. The van der Waals surface area contributed by atoms with Crippen LogP contribution in [0.3, 0.4) is 0 Å². The largest absolute Gasteiger partial charge is 0.378 e. The standard InChI is InChI=1S/C11H19NO/c12-9-5-2-6-10-13-11-7-3-1-4-8-11/h11H,1-8,10H2. The first-order chi connectivity index (χ1) is 6.43. The molecule has 2 nitrogen and oxygen atoms in total. The highest BCUT2D eigenvalue weighted by Crippen LogP contribution is 2.20. The lowest BCUT2D eigenvalue weighted by molar-refractivity contribution is 0.0266. The zero-order valence-corrected chi connectivity index (χ0v) is 8.30. The Hall–Kier alpha value is -0.550. The van der Waals surface area contributed by atoms with E-state index in [2.05, 4.69) is 6.07 Å². The van der Waals surface area contributed by atoms with Crippen LogP contribution in [0.2, 0.25) is 0 Å². The third kappa shape index (κ3) is 4.90. The van der Waals surface area contributed by atoms with Crippen LogP contribution >= 0.6 is 0 Å². The van der Waals surface area contributed by atoms with Gasteiger partial charge < -0.3 is 4.74 Å². The third-order valence-corrected chi connectivity index (χ3v) is 2.59. The Morgan fingerprint density at radius 2 is 1.92 bits per heavy atom. The summed E-state index contributed by atoms with van der Waals surface area (Å²) < 4.78 is 5.72. The van der Waals surface area contributed by atoms with Crippen LogP contribution in [0.1, 0.15) is 51.4 Å². The molecule has 1 saturated carbocycles. The molecule has 0 radical (unpaired) electrons. The van der Waals surface area contributed by atoms with Gasteiger partial charge in [0.15, 0.2) is 0 Å². The predicted octanol–water partition coefficient (Wildman–Crippen LogP) is 3.03. The lowest BCUT2D eigenvalue weighted by Crippen LogP contribution is -2.17. The molecule has 0 saturated heterocycles. The summed E-state index contributed by atoms with van der Waals surface area (Å²) in [4.78, 5) is 0. The molecule has 0 heterocycles. The molecule has 0 unspecified atom stereocenters.